The minimum atomic E-state index is -3.81. The predicted octanol–water partition coefficient (Wildman–Crippen LogP) is 4.61. The van der Waals surface area contributed by atoms with Gasteiger partial charge in [0, 0.05) is 26.2 Å². The normalized spacial score (nSPS) is 26.4. The number of hydrogen-bond acceptors (Lipinski definition) is 6. The molecule has 3 N–H and O–H groups in total. The summed E-state index contributed by atoms with van der Waals surface area (Å²) in [5, 5.41) is 9.29. The number of carbonyl (C=O) groups excluding carboxylic acids is 1. The van der Waals surface area contributed by atoms with Crippen molar-refractivity contribution in [3.8, 4) is 0 Å². The van der Waals surface area contributed by atoms with E-state index in [0.29, 0.717) is 28.7 Å². The number of halogens is 1. The lowest BCUT2D eigenvalue weighted by atomic mass is 9.75. The van der Waals surface area contributed by atoms with Crippen LogP contribution in [0, 0.1) is 17.8 Å². The number of nitrogens with one attached hydrogen (secondary N) is 1. The molecule has 3 aliphatic rings. The topological polar surface area (TPSA) is 111 Å². The van der Waals surface area contributed by atoms with Crippen molar-refractivity contribution in [1.82, 2.24) is 4.57 Å². The van der Waals surface area contributed by atoms with Gasteiger partial charge in [0.2, 0.25) is 15.9 Å². The highest BCUT2D eigenvalue weighted by atomic mass is 79.9. The first-order valence-electron chi connectivity index (χ1n) is 11.8. The van der Waals surface area contributed by atoms with Crippen LogP contribution >= 0.6 is 39.0 Å². The molecule has 4 unspecified atom stereocenters. The first-order chi connectivity index (χ1) is 17.2. The summed E-state index contributed by atoms with van der Waals surface area (Å²) in [5.41, 5.74) is 1.67. The lowest BCUT2D eigenvalue weighted by Gasteiger charge is -2.40. The molecule has 1 aromatic heterocycles. The number of sulfonamides is 1. The zero-order valence-corrected chi connectivity index (χ0v) is 23.1. The first kappa shape index (κ1) is 24.4. The van der Waals surface area contributed by atoms with Crippen molar-refractivity contribution in [1.29, 1.82) is 0 Å². The van der Waals surface area contributed by atoms with Crippen LogP contribution in [0.3, 0.4) is 0 Å². The fourth-order valence-electron chi connectivity index (χ4n) is 6.23. The molecule has 0 radical (unpaired) electrons. The van der Waals surface area contributed by atoms with Gasteiger partial charge in [-0.15, -0.1) is 11.8 Å². The standard InChI is InChI=1S/C25H24BrN3O4S3/c26-16-3-1-2-13(11-16)21-20-14-4-5-15(10-14)22(20)34-24-23(21)35-25(31)29(24)12-19(30)28-17-6-8-18(9-7-17)36(27,32)33/h1-3,6-9,11,14-15,20-22H,4-5,10,12H2,(H,28,30)(H2,27,32,33)/t14?,15?,20?,21-,22?/m1/s1. The fraction of sp³-hybridized carbons (Fsp3) is 0.360. The summed E-state index contributed by atoms with van der Waals surface area (Å²) >= 11 is 6.68. The molecule has 2 bridgehead atoms. The molecule has 11 heteroatoms. The number of nitrogens with two attached hydrogens (primary N) is 1. The minimum Gasteiger partial charge on any atom is -0.325 e. The Morgan fingerprint density at radius 2 is 1.89 bits per heavy atom. The van der Waals surface area contributed by atoms with Crippen LogP contribution in [-0.4, -0.2) is 24.1 Å². The highest BCUT2D eigenvalue weighted by Gasteiger charge is 2.55. The predicted molar refractivity (Wildman–Crippen MR) is 145 cm³/mol. The smallest absolute Gasteiger partial charge is 0.308 e. The summed E-state index contributed by atoms with van der Waals surface area (Å²) in [6.07, 6.45) is 3.75. The van der Waals surface area contributed by atoms with Gasteiger partial charge in [0.15, 0.2) is 0 Å². The van der Waals surface area contributed by atoms with Crippen LogP contribution < -0.4 is 15.3 Å². The number of carbonyl (C=O) groups is 1. The third-order valence-electron chi connectivity index (χ3n) is 7.67. The van der Waals surface area contributed by atoms with Gasteiger partial charge in [-0.1, -0.05) is 39.4 Å². The zero-order chi connectivity index (χ0) is 25.2. The molecular formula is C25H24BrN3O4S3. The molecule has 2 heterocycles. The summed E-state index contributed by atoms with van der Waals surface area (Å²) in [6, 6.07) is 14.1. The molecule has 2 aliphatic carbocycles. The van der Waals surface area contributed by atoms with Crippen molar-refractivity contribution in [2.45, 2.75) is 46.9 Å². The molecule has 1 aliphatic heterocycles. The third-order valence-corrected chi connectivity index (χ3v) is 11.9. The van der Waals surface area contributed by atoms with Crippen LogP contribution in [0.25, 0.3) is 0 Å². The lowest BCUT2D eigenvalue weighted by Crippen LogP contribution is -2.34. The Labute approximate surface area is 225 Å². The SMILES string of the molecule is NS(=O)(=O)c1ccc(NC(=O)Cn2c3c(sc2=O)[C@H](c2cccc(Br)c2)C2C4CCC(C4)C2S3)cc1. The van der Waals surface area contributed by atoms with E-state index < -0.39 is 10.0 Å². The molecule has 1 amide bonds. The van der Waals surface area contributed by atoms with E-state index in [1.807, 2.05) is 6.07 Å². The second kappa shape index (κ2) is 9.13. The summed E-state index contributed by atoms with van der Waals surface area (Å²) in [7, 11) is -3.81. The van der Waals surface area contributed by atoms with E-state index >= 15 is 0 Å². The van der Waals surface area contributed by atoms with Crippen molar-refractivity contribution in [3.63, 3.8) is 0 Å². The van der Waals surface area contributed by atoms with E-state index in [-0.39, 0.29) is 28.1 Å². The lowest BCUT2D eigenvalue weighted by molar-refractivity contribution is -0.116. The minimum absolute atomic E-state index is 0.0287. The molecular weight excluding hydrogens is 582 g/mol. The number of primary sulfonamides is 1. The van der Waals surface area contributed by atoms with Crippen molar-refractivity contribution in [3.05, 3.63) is 73.1 Å². The van der Waals surface area contributed by atoms with Crippen LogP contribution in [0.5, 0.6) is 0 Å². The Morgan fingerprint density at radius 1 is 1.14 bits per heavy atom. The average molecular weight is 607 g/mol. The number of thiazole rings is 1. The van der Waals surface area contributed by atoms with Gasteiger partial charge in [-0.25, -0.2) is 13.6 Å². The zero-order valence-electron chi connectivity index (χ0n) is 19.1. The number of aromatic nitrogens is 1. The van der Waals surface area contributed by atoms with E-state index in [1.54, 1.807) is 16.3 Å². The largest absolute Gasteiger partial charge is 0.325 e. The van der Waals surface area contributed by atoms with Crippen LogP contribution in [0.1, 0.15) is 35.6 Å². The van der Waals surface area contributed by atoms with Crippen molar-refractivity contribution in [2.75, 3.05) is 5.32 Å². The molecule has 3 aromatic rings. The van der Waals surface area contributed by atoms with Gasteiger partial charge in [0.05, 0.1) is 9.92 Å². The fourth-order valence-corrected chi connectivity index (χ4v) is 10.3. The molecule has 0 spiro atoms. The van der Waals surface area contributed by atoms with Gasteiger partial charge in [0.1, 0.15) is 6.54 Å². The molecule has 2 saturated carbocycles. The van der Waals surface area contributed by atoms with Gasteiger partial charge in [-0.2, -0.15) is 0 Å². The van der Waals surface area contributed by atoms with Gasteiger partial charge in [-0.3, -0.25) is 14.2 Å². The van der Waals surface area contributed by atoms with E-state index in [2.05, 4.69) is 39.4 Å². The molecule has 6 rings (SSSR count). The Bertz CT molecular complexity index is 1520. The Kier molecular flexibility index (Phi) is 6.19. The number of amides is 1. The van der Waals surface area contributed by atoms with E-state index in [1.165, 1.54) is 60.4 Å². The number of anilines is 1. The molecule has 36 heavy (non-hydrogen) atoms. The second-order valence-electron chi connectivity index (χ2n) is 9.77. The average Bonchev–Trinajstić information content (AvgIpc) is 3.52. The second-order valence-corrected chi connectivity index (χ2v) is 14.4. The van der Waals surface area contributed by atoms with Crippen LogP contribution in [0.2, 0.25) is 0 Å². The third kappa shape index (κ3) is 4.28. The molecule has 7 nitrogen and oxygen atoms in total. The highest BCUT2D eigenvalue weighted by Crippen LogP contribution is 2.64. The number of benzene rings is 2. The van der Waals surface area contributed by atoms with Crippen LogP contribution in [0.4, 0.5) is 5.69 Å². The molecule has 2 fully saturated rings. The Morgan fingerprint density at radius 3 is 2.61 bits per heavy atom. The maximum absolute atomic E-state index is 13.2. The van der Waals surface area contributed by atoms with Crippen LogP contribution in [-0.2, 0) is 21.4 Å². The number of rotatable bonds is 5. The number of fused-ring (bicyclic) bond motifs is 6. The van der Waals surface area contributed by atoms with Gasteiger partial charge in [0.25, 0.3) is 0 Å². The maximum Gasteiger partial charge on any atom is 0.308 e. The number of hydrogen-bond donors (Lipinski definition) is 2. The first-order valence-corrected chi connectivity index (χ1v) is 15.8. The summed E-state index contributed by atoms with van der Waals surface area (Å²) in [4.78, 5) is 27.0. The number of nitrogens with zero attached hydrogens (tertiary/aromatic N) is 1. The highest BCUT2D eigenvalue weighted by molar-refractivity contribution is 9.10. The molecule has 188 valence electrons. The van der Waals surface area contributed by atoms with E-state index in [4.69, 9.17) is 5.14 Å². The van der Waals surface area contributed by atoms with Gasteiger partial charge >= 0.3 is 4.87 Å². The summed E-state index contributed by atoms with van der Waals surface area (Å²) in [6.45, 7) is -0.0920. The van der Waals surface area contributed by atoms with Gasteiger partial charge in [-0.05, 0) is 79.0 Å². The molecule has 5 atom stereocenters. The maximum atomic E-state index is 13.2. The van der Waals surface area contributed by atoms with Crippen molar-refractivity contribution in [2.24, 2.45) is 22.9 Å². The summed E-state index contributed by atoms with van der Waals surface area (Å²) in [5.74, 6) is 1.66. The molecule has 2 aromatic carbocycles. The Hall–Kier alpha value is -1.92. The van der Waals surface area contributed by atoms with Gasteiger partial charge < -0.3 is 5.32 Å². The van der Waals surface area contributed by atoms with E-state index in [9.17, 15) is 18.0 Å². The van der Waals surface area contributed by atoms with Crippen molar-refractivity contribution < 1.29 is 13.2 Å². The van der Waals surface area contributed by atoms with E-state index in [0.717, 1.165) is 14.4 Å². The monoisotopic (exact) mass is 605 g/mol. The van der Waals surface area contributed by atoms with Crippen molar-refractivity contribution >= 4 is 60.6 Å². The van der Waals surface area contributed by atoms with Crippen LogP contribution in [0.15, 0.2) is 67.7 Å². The summed E-state index contributed by atoms with van der Waals surface area (Å²) < 4.78 is 25.6. The molecule has 0 saturated heterocycles. The quantitative estimate of drug-likeness (QED) is 0.441. The Balaban J connectivity index is 1.32. The number of thioether (sulfide) groups is 1.